The Morgan fingerprint density at radius 3 is 2.19 bits per heavy atom. The molecule has 0 amide bonds. The van der Waals surface area contributed by atoms with E-state index in [9.17, 15) is 13.5 Å². The summed E-state index contributed by atoms with van der Waals surface area (Å²) in [5.41, 5.74) is 0. The molecule has 3 rings (SSSR count). The molecule has 1 aliphatic carbocycles. The van der Waals surface area contributed by atoms with Crippen molar-refractivity contribution >= 4 is 9.84 Å². The molecule has 4 nitrogen and oxygen atoms in total. The summed E-state index contributed by atoms with van der Waals surface area (Å²) in [6, 6.07) is -0.129. The maximum Gasteiger partial charge on any atom is 0.154 e. The molecule has 0 spiro atoms. The van der Waals surface area contributed by atoms with Gasteiger partial charge in [-0.15, -0.1) is 0 Å². The lowest BCUT2D eigenvalue weighted by atomic mass is 10.0. The van der Waals surface area contributed by atoms with Crippen molar-refractivity contribution in [1.29, 1.82) is 0 Å². The number of hydrogen-bond acceptors (Lipinski definition) is 4. The topological polar surface area (TPSA) is 57.6 Å². The summed E-state index contributed by atoms with van der Waals surface area (Å²) in [5.74, 6) is 1.64. The Kier molecular flexibility index (Phi) is 2.53. The average molecular weight is 245 g/mol. The van der Waals surface area contributed by atoms with Gasteiger partial charge in [0.1, 0.15) is 0 Å². The number of sulfone groups is 1. The lowest BCUT2D eigenvalue weighted by molar-refractivity contribution is 0.0936. The molecule has 2 heterocycles. The molecule has 2 unspecified atom stereocenters. The highest BCUT2D eigenvalue weighted by atomic mass is 32.2. The van der Waals surface area contributed by atoms with Crippen molar-refractivity contribution in [2.45, 2.75) is 31.4 Å². The Morgan fingerprint density at radius 2 is 1.69 bits per heavy atom. The maximum atomic E-state index is 11.5. The minimum atomic E-state index is -3.00. The monoisotopic (exact) mass is 245 g/mol. The number of rotatable bonds is 1. The molecule has 0 aromatic heterocycles. The zero-order chi connectivity index (χ0) is 11.3. The molecular formula is C11H19NO3S. The van der Waals surface area contributed by atoms with Crippen LogP contribution in [0.5, 0.6) is 0 Å². The minimum absolute atomic E-state index is 0.0382. The first kappa shape index (κ1) is 11.0. The highest BCUT2D eigenvalue weighted by molar-refractivity contribution is 7.91. The zero-order valence-electron chi connectivity index (χ0n) is 9.38. The predicted octanol–water partition coefficient (Wildman–Crippen LogP) is -0.124. The van der Waals surface area contributed by atoms with Crippen LogP contribution in [0.1, 0.15) is 19.3 Å². The Morgan fingerprint density at radius 1 is 1.06 bits per heavy atom. The SMILES string of the molecule is O=S1(=O)C[C@@H](O)[C@H](N2CC3CCCC3C2)C1. The fraction of sp³-hybridized carbons (Fsp3) is 1.00. The summed E-state index contributed by atoms with van der Waals surface area (Å²) in [7, 11) is -3.00. The van der Waals surface area contributed by atoms with Gasteiger partial charge < -0.3 is 5.11 Å². The molecule has 92 valence electrons. The molecule has 1 N–H and O–H groups in total. The Labute approximate surface area is 96.6 Å². The van der Waals surface area contributed by atoms with Gasteiger partial charge in [-0.25, -0.2) is 8.42 Å². The van der Waals surface area contributed by atoms with Gasteiger partial charge in [-0.05, 0) is 24.7 Å². The van der Waals surface area contributed by atoms with Crippen molar-refractivity contribution in [3.8, 4) is 0 Å². The summed E-state index contributed by atoms with van der Waals surface area (Å²) in [5, 5.41) is 9.83. The van der Waals surface area contributed by atoms with Crippen LogP contribution in [0, 0.1) is 11.8 Å². The second-order valence-electron chi connectivity index (χ2n) is 5.62. The van der Waals surface area contributed by atoms with Gasteiger partial charge in [0.25, 0.3) is 0 Å². The second kappa shape index (κ2) is 3.68. The molecule has 5 heteroatoms. The summed E-state index contributed by atoms with van der Waals surface area (Å²) < 4.78 is 22.9. The van der Waals surface area contributed by atoms with Crippen LogP contribution in [0.2, 0.25) is 0 Å². The molecule has 0 aromatic rings. The standard InChI is InChI=1S/C11H19NO3S/c13-11-7-16(14,15)6-10(11)12-4-8-2-1-3-9(8)5-12/h8-11,13H,1-7H2/t8?,9?,10-,11-/m1/s1. The Balaban J connectivity index is 1.71. The van der Waals surface area contributed by atoms with Crippen LogP contribution in [-0.2, 0) is 9.84 Å². The van der Waals surface area contributed by atoms with E-state index in [1.54, 1.807) is 0 Å². The largest absolute Gasteiger partial charge is 0.390 e. The van der Waals surface area contributed by atoms with E-state index in [1.165, 1.54) is 19.3 Å². The molecule has 1 saturated carbocycles. The fourth-order valence-electron chi connectivity index (χ4n) is 3.70. The number of nitrogens with zero attached hydrogens (tertiary/aromatic N) is 1. The average Bonchev–Trinajstić information content (AvgIpc) is 2.76. The molecule has 0 bridgehead atoms. The van der Waals surface area contributed by atoms with Crippen LogP contribution in [0.15, 0.2) is 0 Å². The minimum Gasteiger partial charge on any atom is -0.390 e. The third kappa shape index (κ3) is 1.79. The first-order valence-corrected chi connectivity index (χ1v) is 8.00. The number of hydrogen-bond donors (Lipinski definition) is 1. The zero-order valence-corrected chi connectivity index (χ0v) is 10.2. The van der Waals surface area contributed by atoms with Gasteiger partial charge in [0.2, 0.25) is 0 Å². The normalized spacial score (nSPS) is 47.3. The quantitative estimate of drug-likeness (QED) is 0.699. The van der Waals surface area contributed by atoms with Gasteiger partial charge in [-0.3, -0.25) is 4.90 Å². The lowest BCUT2D eigenvalue weighted by Crippen LogP contribution is -2.42. The van der Waals surface area contributed by atoms with E-state index in [0.29, 0.717) is 0 Å². The summed E-state index contributed by atoms with van der Waals surface area (Å²) in [4.78, 5) is 2.23. The first-order chi connectivity index (χ1) is 7.55. The van der Waals surface area contributed by atoms with Gasteiger partial charge in [0.05, 0.1) is 23.7 Å². The van der Waals surface area contributed by atoms with Crippen LogP contribution >= 0.6 is 0 Å². The van der Waals surface area contributed by atoms with Crippen molar-refractivity contribution in [1.82, 2.24) is 4.90 Å². The number of aliphatic hydroxyl groups is 1. The van der Waals surface area contributed by atoms with Crippen LogP contribution in [0.3, 0.4) is 0 Å². The van der Waals surface area contributed by atoms with Crippen molar-refractivity contribution < 1.29 is 13.5 Å². The van der Waals surface area contributed by atoms with Gasteiger partial charge in [-0.2, -0.15) is 0 Å². The third-order valence-electron chi connectivity index (χ3n) is 4.52. The smallest absolute Gasteiger partial charge is 0.154 e. The number of likely N-dealkylation sites (tertiary alicyclic amines) is 1. The van der Waals surface area contributed by atoms with E-state index in [1.807, 2.05) is 0 Å². The summed E-state index contributed by atoms with van der Waals surface area (Å²) in [6.07, 6.45) is 3.24. The van der Waals surface area contributed by atoms with Crippen LogP contribution in [0.25, 0.3) is 0 Å². The van der Waals surface area contributed by atoms with Crippen molar-refractivity contribution in [2.24, 2.45) is 11.8 Å². The molecule has 2 saturated heterocycles. The van der Waals surface area contributed by atoms with Gasteiger partial charge in [0.15, 0.2) is 9.84 Å². The van der Waals surface area contributed by atoms with Crippen molar-refractivity contribution in [3.63, 3.8) is 0 Å². The molecule has 3 aliphatic rings. The molecular weight excluding hydrogens is 226 g/mol. The molecule has 16 heavy (non-hydrogen) atoms. The number of aliphatic hydroxyl groups excluding tert-OH is 1. The number of fused-ring (bicyclic) bond motifs is 1. The Bertz CT molecular complexity index is 369. The highest BCUT2D eigenvalue weighted by Crippen LogP contribution is 2.39. The fourth-order valence-corrected chi connectivity index (χ4v) is 5.53. The summed E-state index contributed by atoms with van der Waals surface area (Å²) in [6.45, 7) is 2.00. The van der Waals surface area contributed by atoms with Gasteiger partial charge in [-0.1, -0.05) is 6.42 Å². The first-order valence-electron chi connectivity index (χ1n) is 6.18. The molecule has 2 aliphatic heterocycles. The molecule has 3 fully saturated rings. The highest BCUT2D eigenvalue weighted by Gasteiger charge is 2.45. The summed E-state index contributed by atoms with van der Waals surface area (Å²) >= 11 is 0. The van der Waals surface area contributed by atoms with Crippen LogP contribution < -0.4 is 0 Å². The Hall–Kier alpha value is -0.130. The molecule has 0 aromatic carbocycles. The second-order valence-corrected chi connectivity index (χ2v) is 7.77. The van der Waals surface area contributed by atoms with E-state index in [0.717, 1.165) is 24.9 Å². The van der Waals surface area contributed by atoms with E-state index < -0.39 is 15.9 Å². The maximum absolute atomic E-state index is 11.5. The lowest BCUT2D eigenvalue weighted by Gasteiger charge is -2.26. The van der Waals surface area contributed by atoms with Crippen LogP contribution in [0.4, 0.5) is 0 Å². The van der Waals surface area contributed by atoms with E-state index in [2.05, 4.69) is 4.90 Å². The van der Waals surface area contributed by atoms with E-state index in [-0.39, 0.29) is 17.5 Å². The van der Waals surface area contributed by atoms with Crippen LogP contribution in [-0.4, -0.2) is 55.2 Å². The predicted molar refractivity (Wildman–Crippen MR) is 60.9 cm³/mol. The third-order valence-corrected chi connectivity index (χ3v) is 6.22. The van der Waals surface area contributed by atoms with E-state index in [4.69, 9.17) is 0 Å². The van der Waals surface area contributed by atoms with E-state index >= 15 is 0 Å². The van der Waals surface area contributed by atoms with Gasteiger partial charge >= 0.3 is 0 Å². The molecule has 4 atom stereocenters. The molecule has 0 radical (unpaired) electrons. The van der Waals surface area contributed by atoms with Crippen molar-refractivity contribution in [2.75, 3.05) is 24.6 Å². The van der Waals surface area contributed by atoms with Gasteiger partial charge in [0, 0.05) is 13.1 Å². The van der Waals surface area contributed by atoms with Crippen molar-refractivity contribution in [3.05, 3.63) is 0 Å².